The molecule has 4 heteroatoms. The van der Waals surface area contributed by atoms with E-state index in [0.29, 0.717) is 18.6 Å². The van der Waals surface area contributed by atoms with Gasteiger partial charge in [0.05, 0.1) is 12.6 Å². The molecule has 1 aliphatic heterocycles. The molecular formula is C34H73NO3. The van der Waals surface area contributed by atoms with Gasteiger partial charge in [0, 0.05) is 27.2 Å². The summed E-state index contributed by atoms with van der Waals surface area (Å²) in [4.78, 5) is 14.5. The number of hydrogen-bond donors (Lipinski definition) is 1. The van der Waals surface area contributed by atoms with Gasteiger partial charge in [0.2, 0.25) is 5.91 Å². The zero-order chi connectivity index (χ0) is 29.1. The number of carbonyl (C=O) groups is 1. The number of methoxy groups -OCH3 is 1. The van der Waals surface area contributed by atoms with Crippen LogP contribution in [0.5, 0.6) is 0 Å². The fraction of sp³-hybridized carbons (Fsp3) is 0.971. The summed E-state index contributed by atoms with van der Waals surface area (Å²) >= 11 is 0. The number of aliphatic hydroxyl groups excluding tert-OH is 1. The van der Waals surface area contributed by atoms with Crippen LogP contribution in [0.2, 0.25) is 0 Å². The van der Waals surface area contributed by atoms with E-state index in [1.165, 1.54) is 122 Å². The van der Waals surface area contributed by atoms with E-state index < -0.39 is 0 Å². The lowest BCUT2D eigenvalue weighted by molar-refractivity contribution is -0.133. The molecule has 1 atom stereocenters. The first-order valence-corrected chi connectivity index (χ1v) is 17.0. The fourth-order valence-corrected chi connectivity index (χ4v) is 5.20. The van der Waals surface area contributed by atoms with Crippen LogP contribution in [-0.2, 0) is 9.53 Å². The van der Waals surface area contributed by atoms with Crippen molar-refractivity contribution in [3.63, 3.8) is 0 Å². The summed E-state index contributed by atoms with van der Waals surface area (Å²) < 4.78 is 5.26. The summed E-state index contributed by atoms with van der Waals surface area (Å²) in [7, 11) is 2.74. The average Bonchev–Trinajstić information content (AvgIpc) is 3.44. The molecule has 1 N–H and O–H groups in total. The van der Waals surface area contributed by atoms with E-state index in [4.69, 9.17) is 9.84 Å². The molecule has 0 aliphatic carbocycles. The van der Waals surface area contributed by atoms with Gasteiger partial charge in [-0.25, -0.2) is 0 Å². The highest BCUT2D eigenvalue weighted by Crippen LogP contribution is 2.20. The van der Waals surface area contributed by atoms with Crippen molar-refractivity contribution >= 4 is 5.91 Å². The molecule has 0 aromatic heterocycles. The maximum absolute atomic E-state index is 12.4. The lowest BCUT2D eigenvalue weighted by Gasteiger charge is -2.24. The Hall–Kier alpha value is -0.610. The van der Waals surface area contributed by atoms with Gasteiger partial charge >= 0.3 is 0 Å². The Morgan fingerprint density at radius 1 is 0.658 bits per heavy atom. The van der Waals surface area contributed by atoms with Crippen molar-refractivity contribution in [3.05, 3.63) is 0 Å². The molecule has 1 amide bonds. The predicted octanol–water partition coefficient (Wildman–Crippen LogP) is 10.5. The van der Waals surface area contributed by atoms with Gasteiger partial charge in [0.1, 0.15) is 0 Å². The van der Waals surface area contributed by atoms with E-state index in [9.17, 15) is 4.79 Å². The van der Waals surface area contributed by atoms with Gasteiger partial charge in [-0.05, 0) is 19.3 Å². The molecular weight excluding hydrogens is 470 g/mol. The van der Waals surface area contributed by atoms with Gasteiger partial charge < -0.3 is 14.7 Å². The Labute approximate surface area is 241 Å². The molecule has 0 radical (unpaired) electrons. The largest absolute Gasteiger partial charge is 0.400 e. The minimum atomic E-state index is 0.331. The number of rotatable bonds is 23. The second-order valence-electron chi connectivity index (χ2n) is 10.3. The van der Waals surface area contributed by atoms with Crippen LogP contribution in [0.4, 0.5) is 0 Å². The summed E-state index contributed by atoms with van der Waals surface area (Å²) in [5.74, 6) is 0.354. The maximum atomic E-state index is 12.4. The molecule has 0 aromatic carbocycles. The molecule has 1 saturated heterocycles. The Bertz CT molecular complexity index is 417. The van der Waals surface area contributed by atoms with Crippen LogP contribution >= 0.6 is 0 Å². The first-order valence-electron chi connectivity index (χ1n) is 17.0. The van der Waals surface area contributed by atoms with Crippen molar-refractivity contribution in [1.82, 2.24) is 4.90 Å². The lowest BCUT2D eigenvalue weighted by Crippen LogP contribution is -2.37. The van der Waals surface area contributed by atoms with Crippen LogP contribution in [0.1, 0.15) is 182 Å². The minimum Gasteiger partial charge on any atom is -0.400 e. The van der Waals surface area contributed by atoms with E-state index in [0.717, 1.165) is 39.3 Å². The van der Waals surface area contributed by atoms with Gasteiger partial charge in [-0.1, -0.05) is 157 Å². The highest BCUT2D eigenvalue weighted by molar-refractivity contribution is 5.76. The predicted molar refractivity (Wildman–Crippen MR) is 170 cm³/mol. The van der Waals surface area contributed by atoms with E-state index in [-0.39, 0.29) is 0 Å². The Morgan fingerprint density at radius 3 is 1.34 bits per heavy atom. The number of likely N-dealkylation sites (tertiary alicyclic amines) is 1. The van der Waals surface area contributed by atoms with Crippen molar-refractivity contribution < 1.29 is 14.6 Å². The molecule has 1 rings (SSSR count). The van der Waals surface area contributed by atoms with Crippen LogP contribution in [-0.4, -0.2) is 49.3 Å². The normalized spacial score (nSPS) is 14.1. The number of ether oxygens (including phenoxy) is 1. The zero-order valence-corrected chi connectivity index (χ0v) is 27.5. The SMILES string of the molecule is CC.CC.CCCCCCCCCCCCCCCCCCCCCCC(=O)N1CCCC1COC.CO. The van der Waals surface area contributed by atoms with Crippen LogP contribution in [0, 0.1) is 0 Å². The van der Waals surface area contributed by atoms with E-state index in [1.807, 2.05) is 27.7 Å². The van der Waals surface area contributed by atoms with Crippen LogP contribution in [0.25, 0.3) is 0 Å². The smallest absolute Gasteiger partial charge is 0.222 e. The second-order valence-corrected chi connectivity index (χ2v) is 10.3. The molecule has 1 aliphatic rings. The van der Waals surface area contributed by atoms with Crippen LogP contribution in [0.15, 0.2) is 0 Å². The van der Waals surface area contributed by atoms with E-state index in [1.54, 1.807) is 7.11 Å². The topological polar surface area (TPSA) is 49.8 Å². The van der Waals surface area contributed by atoms with Crippen molar-refractivity contribution in [1.29, 1.82) is 0 Å². The van der Waals surface area contributed by atoms with Gasteiger partial charge in [0.15, 0.2) is 0 Å². The number of unbranched alkanes of at least 4 members (excludes halogenated alkanes) is 19. The third-order valence-electron chi connectivity index (χ3n) is 7.30. The van der Waals surface area contributed by atoms with Crippen molar-refractivity contribution in [2.24, 2.45) is 0 Å². The van der Waals surface area contributed by atoms with Crippen LogP contribution in [0.3, 0.4) is 0 Å². The Balaban J connectivity index is -0.00000190. The summed E-state index contributed by atoms with van der Waals surface area (Å²) in [5.41, 5.74) is 0. The number of hydrogen-bond acceptors (Lipinski definition) is 3. The Morgan fingerprint density at radius 2 is 1.00 bits per heavy atom. The monoisotopic (exact) mass is 544 g/mol. The number of nitrogens with zero attached hydrogens (tertiary/aromatic N) is 1. The molecule has 232 valence electrons. The molecule has 38 heavy (non-hydrogen) atoms. The molecule has 0 saturated carbocycles. The first kappa shape index (κ1) is 41.9. The highest BCUT2D eigenvalue weighted by atomic mass is 16.5. The van der Waals surface area contributed by atoms with Gasteiger partial charge in [-0.2, -0.15) is 0 Å². The van der Waals surface area contributed by atoms with Crippen molar-refractivity contribution in [3.8, 4) is 0 Å². The first-order chi connectivity index (χ1) is 18.8. The van der Waals surface area contributed by atoms with Crippen molar-refractivity contribution in [2.75, 3.05) is 27.4 Å². The average molecular weight is 544 g/mol. The number of aliphatic hydroxyl groups is 1. The van der Waals surface area contributed by atoms with Crippen LogP contribution < -0.4 is 0 Å². The Kier molecular flexibility index (Phi) is 42.5. The third-order valence-corrected chi connectivity index (χ3v) is 7.30. The quantitative estimate of drug-likeness (QED) is 0.130. The lowest BCUT2D eigenvalue weighted by atomic mass is 10.0. The van der Waals surface area contributed by atoms with Gasteiger partial charge in [0.25, 0.3) is 0 Å². The second kappa shape index (κ2) is 38.5. The van der Waals surface area contributed by atoms with Gasteiger partial charge in [-0.15, -0.1) is 0 Å². The molecule has 0 spiro atoms. The number of carbonyl (C=O) groups excluding carboxylic acids is 1. The molecule has 0 aromatic rings. The molecule has 0 bridgehead atoms. The summed E-state index contributed by atoms with van der Waals surface area (Å²) in [5, 5.41) is 7.00. The minimum absolute atomic E-state index is 0.331. The molecule has 1 fully saturated rings. The molecule has 1 unspecified atom stereocenters. The standard InChI is InChI=1S/C29H57NO2.2C2H6.CH4O/c1-3-4-5-6-7-8-9-10-11-12-13-14-15-16-17-18-19-20-21-22-25-29(31)30-26-23-24-28(30)27-32-2;3*1-2/h28H,3-27H2,1-2H3;2*1-2H3;2H,1H3. The van der Waals surface area contributed by atoms with E-state index in [2.05, 4.69) is 11.8 Å². The third kappa shape index (κ3) is 28.4. The maximum Gasteiger partial charge on any atom is 0.222 e. The summed E-state index contributed by atoms with van der Waals surface area (Å²) in [6.45, 7) is 11.9. The summed E-state index contributed by atoms with van der Waals surface area (Å²) in [6.07, 6.45) is 30.9. The summed E-state index contributed by atoms with van der Waals surface area (Å²) in [6, 6.07) is 0.331. The van der Waals surface area contributed by atoms with E-state index >= 15 is 0 Å². The molecule has 4 nitrogen and oxygen atoms in total. The van der Waals surface area contributed by atoms with Crippen molar-refractivity contribution in [2.45, 2.75) is 188 Å². The zero-order valence-electron chi connectivity index (χ0n) is 27.5. The molecule has 1 heterocycles. The van der Waals surface area contributed by atoms with Gasteiger partial charge in [-0.3, -0.25) is 4.79 Å². The fourth-order valence-electron chi connectivity index (χ4n) is 5.20. The highest BCUT2D eigenvalue weighted by Gasteiger charge is 2.27. The number of amides is 1.